The Bertz CT molecular complexity index is 376. The fourth-order valence-corrected chi connectivity index (χ4v) is 2.74. The van der Waals surface area contributed by atoms with Crippen LogP contribution in [0.25, 0.3) is 0 Å². The van der Waals surface area contributed by atoms with Crippen molar-refractivity contribution in [1.29, 1.82) is 0 Å². The van der Waals surface area contributed by atoms with Crippen molar-refractivity contribution < 1.29 is 0 Å². The Hall–Kier alpha value is -0.570. The molecule has 0 saturated carbocycles. The molecule has 1 atom stereocenters. The predicted molar refractivity (Wildman–Crippen MR) is 68.5 cm³/mol. The van der Waals surface area contributed by atoms with Gasteiger partial charge in [0.15, 0.2) is 0 Å². The molecule has 2 nitrogen and oxygen atoms in total. The van der Waals surface area contributed by atoms with Gasteiger partial charge in [0.05, 0.1) is 0 Å². The third-order valence-electron chi connectivity index (χ3n) is 3.14. The van der Waals surface area contributed by atoms with Gasteiger partial charge in [-0.3, -0.25) is 4.90 Å². The zero-order valence-electron chi connectivity index (χ0n) is 9.91. The van der Waals surface area contributed by atoms with E-state index in [0.29, 0.717) is 18.5 Å². The van der Waals surface area contributed by atoms with Crippen LogP contribution in [0.1, 0.15) is 31.0 Å². The minimum absolute atomic E-state index is 0.344. The van der Waals surface area contributed by atoms with Crippen LogP contribution in [-0.2, 0) is 6.54 Å². The monoisotopic (exact) mass is 238 g/mol. The molecule has 88 valence electrons. The zero-order chi connectivity index (χ0) is 11.7. The van der Waals surface area contributed by atoms with Crippen molar-refractivity contribution in [2.45, 2.75) is 26.4 Å². The van der Waals surface area contributed by atoms with Crippen LogP contribution in [0.4, 0.5) is 0 Å². The molecular formula is C13H19ClN2. The lowest BCUT2D eigenvalue weighted by molar-refractivity contribution is 0.195. The standard InChI is InChI=1S/C13H19ClN2/c1-9(2)7-16-8-11-10(13(16)6-15)4-3-5-12(11)14/h3-5,9,13H,6-8,15H2,1-2H3. The van der Waals surface area contributed by atoms with E-state index in [2.05, 4.69) is 24.8 Å². The van der Waals surface area contributed by atoms with Gasteiger partial charge < -0.3 is 5.73 Å². The maximum atomic E-state index is 6.23. The Morgan fingerprint density at radius 3 is 2.88 bits per heavy atom. The van der Waals surface area contributed by atoms with Gasteiger partial charge in [-0.25, -0.2) is 0 Å². The molecule has 0 radical (unpaired) electrons. The Morgan fingerprint density at radius 2 is 2.25 bits per heavy atom. The summed E-state index contributed by atoms with van der Waals surface area (Å²) in [6, 6.07) is 6.48. The Balaban J connectivity index is 2.28. The molecule has 1 aliphatic heterocycles. The number of nitrogens with zero attached hydrogens (tertiary/aromatic N) is 1. The van der Waals surface area contributed by atoms with Gasteiger partial charge in [0, 0.05) is 30.7 Å². The first-order chi connectivity index (χ1) is 7.63. The van der Waals surface area contributed by atoms with Gasteiger partial charge >= 0.3 is 0 Å². The molecule has 0 bridgehead atoms. The maximum absolute atomic E-state index is 6.23. The summed E-state index contributed by atoms with van der Waals surface area (Å²) in [7, 11) is 0. The van der Waals surface area contributed by atoms with Gasteiger partial charge in [0.1, 0.15) is 0 Å². The second-order valence-electron chi connectivity index (χ2n) is 4.88. The second kappa shape index (κ2) is 4.74. The quantitative estimate of drug-likeness (QED) is 0.878. The van der Waals surface area contributed by atoms with Crippen LogP contribution in [0.15, 0.2) is 18.2 Å². The third kappa shape index (κ3) is 2.10. The average molecular weight is 239 g/mol. The Morgan fingerprint density at radius 1 is 1.50 bits per heavy atom. The first-order valence-electron chi connectivity index (χ1n) is 5.85. The highest BCUT2D eigenvalue weighted by molar-refractivity contribution is 6.31. The van der Waals surface area contributed by atoms with E-state index in [9.17, 15) is 0 Å². The normalized spacial score (nSPS) is 20.4. The number of nitrogens with two attached hydrogens (primary N) is 1. The van der Waals surface area contributed by atoms with Gasteiger partial charge in [-0.1, -0.05) is 37.6 Å². The highest BCUT2D eigenvalue weighted by Gasteiger charge is 2.30. The lowest BCUT2D eigenvalue weighted by atomic mass is 10.0. The van der Waals surface area contributed by atoms with Crippen LogP contribution in [0.5, 0.6) is 0 Å². The summed E-state index contributed by atoms with van der Waals surface area (Å²) in [5, 5.41) is 0.877. The van der Waals surface area contributed by atoms with Crippen molar-refractivity contribution in [1.82, 2.24) is 4.90 Å². The van der Waals surface area contributed by atoms with Crippen molar-refractivity contribution in [3.8, 4) is 0 Å². The summed E-state index contributed by atoms with van der Waals surface area (Å²) in [6.07, 6.45) is 0. The number of benzene rings is 1. The second-order valence-corrected chi connectivity index (χ2v) is 5.29. The van der Waals surface area contributed by atoms with Gasteiger partial charge in [-0.2, -0.15) is 0 Å². The first kappa shape index (κ1) is 11.9. The summed E-state index contributed by atoms with van der Waals surface area (Å²) < 4.78 is 0. The van der Waals surface area contributed by atoms with Gasteiger partial charge in [0.25, 0.3) is 0 Å². The fourth-order valence-electron chi connectivity index (χ4n) is 2.50. The molecule has 1 aromatic carbocycles. The minimum atomic E-state index is 0.344. The molecule has 1 aromatic rings. The van der Waals surface area contributed by atoms with Crippen LogP contribution >= 0.6 is 11.6 Å². The van der Waals surface area contributed by atoms with E-state index in [4.69, 9.17) is 17.3 Å². The van der Waals surface area contributed by atoms with Crippen molar-refractivity contribution in [2.75, 3.05) is 13.1 Å². The molecule has 0 aliphatic carbocycles. The number of fused-ring (bicyclic) bond motifs is 1. The van der Waals surface area contributed by atoms with Crippen molar-refractivity contribution in [3.05, 3.63) is 34.3 Å². The van der Waals surface area contributed by atoms with E-state index in [1.165, 1.54) is 11.1 Å². The predicted octanol–water partition coefficient (Wildman–Crippen LogP) is 2.81. The molecule has 3 heteroatoms. The van der Waals surface area contributed by atoms with Crippen LogP contribution in [0.2, 0.25) is 5.02 Å². The van der Waals surface area contributed by atoms with E-state index in [1.807, 2.05) is 12.1 Å². The molecule has 1 aliphatic rings. The maximum Gasteiger partial charge on any atom is 0.0477 e. The summed E-state index contributed by atoms with van der Waals surface area (Å²) in [4.78, 5) is 2.43. The van der Waals surface area contributed by atoms with Crippen molar-refractivity contribution in [3.63, 3.8) is 0 Å². The zero-order valence-corrected chi connectivity index (χ0v) is 10.7. The topological polar surface area (TPSA) is 29.3 Å². The van der Waals surface area contributed by atoms with Crippen molar-refractivity contribution >= 4 is 11.6 Å². The highest BCUT2D eigenvalue weighted by Crippen LogP contribution is 2.37. The smallest absolute Gasteiger partial charge is 0.0477 e. The van der Waals surface area contributed by atoms with E-state index in [1.54, 1.807) is 0 Å². The largest absolute Gasteiger partial charge is 0.329 e. The van der Waals surface area contributed by atoms with Crippen LogP contribution in [0.3, 0.4) is 0 Å². The summed E-state index contributed by atoms with van der Waals surface area (Å²) in [5.74, 6) is 0.655. The Labute approximate surface area is 102 Å². The third-order valence-corrected chi connectivity index (χ3v) is 3.49. The molecule has 1 unspecified atom stereocenters. The number of halogens is 1. The molecule has 2 rings (SSSR count). The number of hydrogen-bond donors (Lipinski definition) is 1. The number of hydrogen-bond acceptors (Lipinski definition) is 2. The molecule has 0 fully saturated rings. The molecule has 0 amide bonds. The first-order valence-corrected chi connectivity index (χ1v) is 6.22. The lowest BCUT2D eigenvalue weighted by Gasteiger charge is -2.25. The van der Waals surface area contributed by atoms with Gasteiger partial charge in [-0.15, -0.1) is 0 Å². The van der Waals surface area contributed by atoms with E-state index in [0.717, 1.165) is 18.1 Å². The van der Waals surface area contributed by atoms with E-state index in [-0.39, 0.29) is 0 Å². The van der Waals surface area contributed by atoms with Crippen LogP contribution in [0, 0.1) is 5.92 Å². The van der Waals surface area contributed by atoms with E-state index < -0.39 is 0 Å². The molecule has 16 heavy (non-hydrogen) atoms. The molecular weight excluding hydrogens is 220 g/mol. The van der Waals surface area contributed by atoms with Crippen LogP contribution in [-0.4, -0.2) is 18.0 Å². The lowest BCUT2D eigenvalue weighted by Crippen LogP contribution is -2.30. The van der Waals surface area contributed by atoms with E-state index >= 15 is 0 Å². The minimum Gasteiger partial charge on any atom is -0.329 e. The highest BCUT2D eigenvalue weighted by atomic mass is 35.5. The average Bonchev–Trinajstić information content (AvgIpc) is 2.56. The van der Waals surface area contributed by atoms with Crippen molar-refractivity contribution in [2.24, 2.45) is 11.7 Å². The summed E-state index contributed by atoms with van der Waals surface area (Å²) >= 11 is 6.23. The molecule has 1 heterocycles. The molecule has 0 aromatic heterocycles. The number of rotatable bonds is 3. The van der Waals surface area contributed by atoms with Gasteiger partial charge in [0.2, 0.25) is 0 Å². The Kier molecular flexibility index (Phi) is 3.53. The molecule has 0 spiro atoms. The summed E-state index contributed by atoms with van der Waals surface area (Å²) in [5.41, 5.74) is 8.46. The SMILES string of the molecule is CC(C)CN1Cc2c(Cl)cccc2C1CN. The van der Waals surface area contributed by atoms with Gasteiger partial charge in [-0.05, 0) is 23.1 Å². The van der Waals surface area contributed by atoms with Crippen LogP contribution < -0.4 is 5.73 Å². The molecule has 2 N–H and O–H groups in total. The fraction of sp³-hybridized carbons (Fsp3) is 0.538. The molecule has 0 saturated heterocycles. The summed E-state index contributed by atoms with van der Waals surface area (Å²) in [6.45, 7) is 7.15.